The summed E-state index contributed by atoms with van der Waals surface area (Å²) in [6.07, 6.45) is 5.37. The number of carboxylic acids is 1. The van der Waals surface area contributed by atoms with Crippen LogP contribution in [0.15, 0.2) is 52.2 Å². The highest BCUT2D eigenvalue weighted by atomic mass is 35.5. The normalized spacial score (nSPS) is 18.9. The molecular weight excluding hydrogens is 501 g/mol. The van der Waals surface area contributed by atoms with Crippen LogP contribution in [0.4, 0.5) is 8.78 Å². The average Bonchev–Trinajstić information content (AvgIpc) is 3.24. The Labute approximate surface area is 210 Å². The Bertz CT molecular complexity index is 1270. The third-order valence-electron chi connectivity index (χ3n) is 5.28. The summed E-state index contributed by atoms with van der Waals surface area (Å²) in [5, 5.41) is 14.3. The molecule has 6 nitrogen and oxygen atoms in total. The molecule has 1 aliphatic rings. The van der Waals surface area contributed by atoms with E-state index >= 15 is 4.39 Å². The third-order valence-corrected chi connectivity index (χ3v) is 6.07. The van der Waals surface area contributed by atoms with Crippen LogP contribution in [0.25, 0.3) is 28.3 Å². The van der Waals surface area contributed by atoms with E-state index in [4.69, 9.17) is 32.8 Å². The van der Waals surface area contributed by atoms with Gasteiger partial charge in [0.2, 0.25) is 6.41 Å². The summed E-state index contributed by atoms with van der Waals surface area (Å²) in [6, 6.07) is 4.97. The maximum absolute atomic E-state index is 15.3. The van der Waals surface area contributed by atoms with Crippen LogP contribution in [0, 0.1) is 0 Å². The van der Waals surface area contributed by atoms with Crippen LogP contribution < -0.4 is 5.32 Å². The highest BCUT2D eigenvalue weighted by molar-refractivity contribution is 6.34. The molecule has 0 saturated carbocycles. The molecule has 184 valence electrons. The topological polar surface area (TPSA) is 92.4 Å². The fourth-order valence-electron chi connectivity index (χ4n) is 3.75. The minimum absolute atomic E-state index is 0.0787. The first kappa shape index (κ1) is 26.4. The number of nitrogens with zero attached hydrogens (tertiary/aromatic N) is 1. The first-order chi connectivity index (χ1) is 16.5. The van der Waals surface area contributed by atoms with Gasteiger partial charge in [-0.3, -0.25) is 4.79 Å². The molecule has 2 N–H and O–H groups in total. The molecule has 0 saturated heterocycles. The average molecular weight is 523 g/mol. The number of rotatable bonds is 8. The predicted octanol–water partition coefficient (Wildman–Crippen LogP) is 6.22. The second-order valence-corrected chi connectivity index (χ2v) is 9.14. The van der Waals surface area contributed by atoms with Crippen molar-refractivity contribution in [3.05, 3.63) is 70.2 Å². The number of alkyl halides is 3. The van der Waals surface area contributed by atoms with Gasteiger partial charge in [0.15, 0.2) is 17.6 Å². The summed E-state index contributed by atoms with van der Waals surface area (Å²) in [6.45, 7) is 4.26. The van der Waals surface area contributed by atoms with Crippen molar-refractivity contribution in [2.75, 3.05) is 0 Å². The van der Waals surface area contributed by atoms with E-state index in [0.717, 1.165) is 6.08 Å². The van der Waals surface area contributed by atoms with Gasteiger partial charge in [-0.15, -0.1) is 11.6 Å². The number of hydrogen-bond donors (Lipinski definition) is 2. The van der Waals surface area contributed by atoms with E-state index in [-0.39, 0.29) is 27.6 Å². The molecule has 1 aromatic heterocycles. The molecule has 1 amide bonds. The van der Waals surface area contributed by atoms with Crippen LogP contribution >= 0.6 is 23.2 Å². The molecule has 0 spiro atoms. The van der Waals surface area contributed by atoms with Crippen molar-refractivity contribution in [2.24, 2.45) is 0 Å². The summed E-state index contributed by atoms with van der Waals surface area (Å²) in [4.78, 5) is 22.1. The van der Waals surface area contributed by atoms with Gasteiger partial charge in [0.25, 0.3) is 0 Å². The summed E-state index contributed by atoms with van der Waals surface area (Å²) in [5.41, 5.74) is 0.453. The quantitative estimate of drug-likeness (QED) is 0.244. The van der Waals surface area contributed by atoms with Crippen molar-refractivity contribution >= 4 is 52.8 Å². The van der Waals surface area contributed by atoms with E-state index in [2.05, 4.69) is 10.5 Å². The molecule has 0 radical (unpaired) electrons. The van der Waals surface area contributed by atoms with Crippen LogP contribution in [-0.2, 0) is 15.3 Å². The number of carbonyl (C=O) groups is 2. The molecule has 0 bridgehead atoms. The van der Waals surface area contributed by atoms with E-state index in [9.17, 15) is 14.0 Å². The van der Waals surface area contributed by atoms with Gasteiger partial charge in [-0.1, -0.05) is 41.0 Å². The minimum Gasteiger partial charge on any atom is -0.478 e. The van der Waals surface area contributed by atoms with Crippen molar-refractivity contribution in [3.63, 3.8) is 0 Å². The summed E-state index contributed by atoms with van der Waals surface area (Å²) in [5.74, 6) is -1.30. The number of aliphatic carboxylic acids is 1. The standard InChI is InChI=1S/C25H22Cl2F2N2O4/c1-13(11-30-12-32)19-14(7-10-18(33)34)5-4-6-15(19)20-23(31-35-24(20)25(2,3)29)16-8-9-17(26)22(28)21(16)27/h4-12,21-22H,1-3H3,(H,30,32)(H,33,34)/b10-7+,13-11-. The maximum Gasteiger partial charge on any atom is 0.328 e. The van der Waals surface area contributed by atoms with Crippen LogP contribution in [0.5, 0.6) is 0 Å². The van der Waals surface area contributed by atoms with Crippen LogP contribution in [0.1, 0.15) is 43.4 Å². The molecule has 1 aliphatic carbocycles. The lowest BCUT2D eigenvalue weighted by molar-refractivity contribution is -0.131. The zero-order valence-corrected chi connectivity index (χ0v) is 20.5. The highest BCUT2D eigenvalue weighted by Crippen LogP contribution is 2.45. The zero-order valence-electron chi connectivity index (χ0n) is 19.0. The smallest absolute Gasteiger partial charge is 0.328 e. The predicted molar refractivity (Wildman–Crippen MR) is 132 cm³/mol. The Morgan fingerprint density at radius 3 is 2.66 bits per heavy atom. The number of halogens is 4. The number of hydrogen-bond acceptors (Lipinski definition) is 4. The Morgan fingerprint density at radius 1 is 1.31 bits per heavy atom. The van der Waals surface area contributed by atoms with Gasteiger partial charge in [0, 0.05) is 17.8 Å². The number of benzene rings is 1. The molecule has 2 atom stereocenters. The molecular formula is C25H22Cl2F2N2O4. The third kappa shape index (κ3) is 5.55. The van der Waals surface area contributed by atoms with Crippen molar-refractivity contribution in [1.29, 1.82) is 0 Å². The molecule has 10 heteroatoms. The van der Waals surface area contributed by atoms with E-state index in [1.54, 1.807) is 25.1 Å². The fraction of sp³-hybridized carbons (Fsp3) is 0.240. The molecule has 3 rings (SSSR count). The summed E-state index contributed by atoms with van der Waals surface area (Å²) < 4.78 is 35.4. The Hall–Kier alpha value is -3.23. The van der Waals surface area contributed by atoms with E-state index in [1.807, 2.05) is 0 Å². The fourth-order valence-corrected chi connectivity index (χ4v) is 4.32. The lowest BCUT2D eigenvalue weighted by Gasteiger charge is -2.22. The molecule has 2 unspecified atom stereocenters. The first-order valence-electron chi connectivity index (χ1n) is 10.4. The highest BCUT2D eigenvalue weighted by Gasteiger charge is 2.37. The van der Waals surface area contributed by atoms with Crippen LogP contribution in [0.2, 0.25) is 0 Å². The van der Waals surface area contributed by atoms with E-state index in [1.165, 1.54) is 38.3 Å². The number of carbonyl (C=O) groups excluding carboxylic acids is 1. The van der Waals surface area contributed by atoms with Gasteiger partial charge < -0.3 is 14.9 Å². The number of allylic oxidation sites excluding steroid dienone is 5. The second-order valence-electron chi connectivity index (χ2n) is 8.24. The number of carboxylic acid groups (broad SMARTS) is 1. The van der Waals surface area contributed by atoms with Gasteiger partial charge in [0.1, 0.15) is 5.69 Å². The molecule has 1 aromatic carbocycles. The maximum atomic E-state index is 15.3. The van der Waals surface area contributed by atoms with Crippen LogP contribution in [0.3, 0.4) is 0 Å². The SMILES string of the molecule is C/C(=C/NC=O)c1c(/C=C/C(=O)O)cccc1-c1c(C2=CC=C(Cl)C(F)C2Cl)noc1C(C)(C)F. The lowest BCUT2D eigenvalue weighted by Crippen LogP contribution is -2.21. The van der Waals surface area contributed by atoms with Crippen molar-refractivity contribution < 1.29 is 28.0 Å². The van der Waals surface area contributed by atoms with Crippen LogP contribution in [-0.4, -0.2) is 34.2 Å². The minimum atomic E-state index is -2.00. The Kier molecular flexibility index (Phi) is 7.97. The number of nitrogens with one attached hydrogen (secondary N) is 1. The van der Waals surface area contributed by atoms with Gasteiger partial charge in [0.05, 0.1) is 16.0 Å². The zero-order chi connectivity index (χ0) is 25.9. The molecule has 2 aromatic rings. The molecule has 0 fully saturated rings. The van der Waals surface area contributed by atoms with Gasteiger partial charge >= 0.3 is 5.97 Å². The van der Waals surface area contributed by atoms with Gasteiger partial charge in [-0.25, -0.2) is 13.6 Å². The van der Waals surface area contributed by atoms with Crippen molar-refractivity contribution in [1.82, 2.24) is 10.5 Å². The summed E-state index contributed by atoms with van der Waals surface area (Å²) >= 11 is 12.3. The molecule has 1 heterocycles. The lowest BCUT2D eigenvalue weighted by atomic mass is 9.85. The molecule has 35 heavy (non-hydrogen) atoms. The monoisotopic (exact) mass is 522 g/mol. The Balaban J connectivity index is 2.40. The summed E-state index contributed by atoms with van der Waals surface area (Å²) in [7, 11) is 0. The molecule has 0 aliphatic heterocycles. The van der Waals surface area contributed by atoms with Crippen molar-refractivity contribution in [3.8, 4) is 11.1 Å². The van der Waals surface area contributed by atoms with E-state index < -0.39 is 23.2 Å². The van der Waals surface area contributed by atoms with Gasteiger partial charge in [-0.05, 0) is 55.2 Å². The second kappa shape index (κ2) is 10.6. The van der Waals surface area contributed by atoms with Gasteiger partial charge in [-0.2, -0.15) is 0 Å². The first-order valence-corrected chi connectivity index (χ1v) is 11.2. The number of amides is 1. The van der Waals surface area contributed by atoms with E-state index in [0.29, 0.717) is 28.7 Å². The number of aromatic nitrogens is 1. The largest absolute Gasteiger partial charge is 0.478 e. The Morgan fingerprint density at radius 2 is 2.03 bits per heavy atom. The van der Waals surface area contributed by atoms with Crippen molar-refractivity contribution in [2.45, 2.75) is 38.0 Å².